The van der Waals surface area contributed by atoms with Crippen molar-refractivity contribution in [2.75, 3.05) is 0 Å². The molecule has 0 aromatic carbocycles. The van der Waals surface area contributed by atoms with E-state index in [2.05, 4.69) is 66.5 Å². The molecule has 1 saturated heterocycles. The fraction of sp³-hybridized carbons (Fsp3) is 0.895. The molecular formula is C19H35NO. The molecule has 0 bridgehead atoms. The lowest BCUT2D eigenvalue weighted by Crippen LogP contribution is -2.48. The summed E-state index contributed by atoms with van der Waals surface area (Å²) < 4.78 is 0. The Morgan fingerprint density at radius 2 is 1.86 bits per heavy atom. The molecule has 0 N–H and O–H groups in total. The minimum atomic E-state index is -0.0319. The maximum absolute atomic E-state index is 6.36. The number of hydrogen-bond donors (Lipinski definition) is 0. The lowest BCUT2D eigenvalue weighted by atomic mass is 9.60. The van der Waals surface area contributed by atoms with E-state index < -0.39 is 0 Å². The Hall–Kier alpha value is -0.340. The van der Waals surface area contributed by atoms with Crippen molar-refractivity contribution in [1.82, 2.24) is 5.06 Å². The summed E-state index contributed by atoms with van der Waals surface area (Å²) in [6, 6.07) is 1.05. The van der Waals surface area contributed by atoms with E-state index in [0.717, 1.165) is 0 Å². The fourth-order valence-electron chi connectivity index (χ4n) is 4.58. The van der Waals surface area contributed by atoms with Crippen molar-refractivity contribution in [2.45, 2.75) is 92.3 Å². The van der Waals surface area contributed by atoms with Gasteiger partial charge in [-0.1, -0.05) is 25.5 Å². The van der Waals surface area contributed by atoms with E-state index in [9.17, 15) is 0 Å². The van der Waals surface area contributed by atoms with E-state index in [1.54, 1.807) is 0 Å². The Kier molecular flexibility index (Phi) is 4.62. The first-order valence-corrected chi connectivity index (χ1v) is 8.66. The topological polar surface area (TPSA) is 12.5 Å². The molecule has 2 aliphatic rings. The summed E-state index contributed by atoms with van der Waals surface area (Å²) in [6.07, 6.45) is 6.22. The maximum atomic E-state index is 6.36. The second kappa shape index (κ2) is 5.70. The minimum Gasteiger partial charge on any atom is -0.292 e. The zero-order valence-corrected chi connectivity index (χ0v) is 15.4. The van der Waals surface area contributed by atoms with E-state index in [4.69, 9.17) is 4.84 Å². The molecule has 2 fully saturated rings. The number of fused-ring (bicyclic) bond motifs is 1. The molecule has 2 heteroatoms. The van der Waals surface area contributed by atoms with Gasteiger partial charge in [0.2, 0.25) is 0 Å². The molecule has 1 aliphatic carbocycles. The summed E-state index contributed by atoms with van der Waals surface area (Å²) in [5.74, 6) is 1.34. The van der Waals surface area contributed by atoms with E-state index >= 15 is 0 Å². The van der Waals surface area contributed by atoms with Crippen LogP contribution in [0.3, 0.4) is 0 Å². The molecule has 4 atom stereocenters. The van der Waals surface area contributed by atoms with Gasteiger partial charge in [-0.15, -0.1) is 0 Å². The van der Waals surface area contributed by atoms with E-state index in [1.807, 2.05) is 0 Å². The van der Waals surface area contributed by atoms with E-state index in [-0.39, 0.29) is 5.60 Å². The molecule has 4 unspecified atom stereocenters. The zero-order chi connectivity index (χ0) is 16.0. The van der Waals surface area contributed by atoms with Crippen molar-refractivity contribution >= 4 is 0 Å². The highest BCUT2D eigenvalue weighted by atomic mass is 16.7. The Morgan fingerprint density at radius 3 is 2.38 bits per heavy atom. The predicted molar refractivity (Wildman–Crippen MR) is 90.0 cm³/mol. The monoisotopic (exact) mass is 293 g/mol. The molecule has 1 heterocycles. The van der Waals surface area contributed by atoms with Crippen LogP contribution >= 0.6 is 0 Å². The predicted octanol–water partition coefficient (Wildman–Crippen LogP) is 5.20. The van der Waals surface area contributed by atoms with Crippen LogP contribution in [0, 0.1) is 17.3 Å². The van der Waals surface area contributed by atoms with Crippen LogP contribution in [0.25, 0.3) is 0 Å². The standard InChI is InChI=1S/C19H35NO/c1-13(2)9-10-19(8)11-15(5)17-16(12-19)18(6,7)21-20(17)14(3)4/h9,14-17H,10-12H2,1-8H3. The van der Waals surface area contributed by atoms with Crippen LogP contribution in [0.1, 0.15) is 74.7 Å². The average Bonchev–Trinajstić information content (AvgIpc) is 2.60. The van der Waals surface area contributed by atoms with Crippen LogP contribution in [-0.4, -0.2) is 22.7 Å². The Bertz CT molecular complexity index is 408. The largest absolute Gasteiger partial charge is 0.292 e. The number of allylic oxidation sites excluding steroid dienone is 2. The quantitative estimate of drug-likeness (QED) is 0.663. The van der Waals surface area contributed by atoms with Gasteiger partial charge in [0, 0.05) is 18.0 Å². The highest BCUT2D eigenvalue weighted by Crippen LogP contribution is 2.54. The van der Waals surface area contributed by atoms with Gasteiger partial charge in [-0.05, 0) is 72.1 Å². The average molecular weight is 293 g/mol. The molecule has 0 radical (unpaired) electrons. The van der Waals surface area contributed by atoms with Crippen molar-refractivity contribution in [3.05, 3.63) is 11.6 Å². The molecule has 122 valence electrons. The van der Waals surface area contributed by atoms with Crippen LogP contribution in [0.15, 0.2) is 11.6 Å². The van der Waals surface area contributed by atoms with Crippen molar-refractivity contribution in [2.24, 2.45) is 17.3 Å². The van der Waals surface area contributed by atoms with Gasteiger partial charge >= 0.3 is 0 Å². The third-order valence-corrected chi connectivity index (χ3v) is 5.56. The van der Waals surface area contributed by atoms with Crippen molar-refractivity contribution < 1.29 is 4.84 Å². The third-order valence-electron chi connectivity index (χ3n) is 5.56. The van der Waals surface area contributed by atoms with E-state index in [1.165, 1.54) is 24.8 Å². The lowest BCUT2D eigenvalue weighted by molar-refractivity contribution is -0.215. The normalized spacial score (nSPS) is 39.4. The van der Waals surface area contributed by atoms with Crippen LogP contribution < -0.4 is 0 Å². The summed E-state index contributed by atoms with van der Waals surface area (Å²) in [5, 5.41) is 2.30. The number of hydrogen-bond acceptors (Lipinski definition) is 2. The molecule has 1 saturated carbocycles. The number of nitrogens with zero attached hydrogens (tertiary/aromatic N) is 1. The second-order valence-corrected chi connectivity index (χ2v) is 8.93. The highest BCUT2D eigenvalue weighted by Gasteiger charge is 2.56. The SMILES string of the molecule is CC(C)=CCC1(C)CC(C)C2C(C1)C(C)(C)ON2C(C)C. The molecular weight excluding hydrogens is 258 g/mol. The van der Waals surface area contributed by atoms with Crippen LogP contribution in [0.4, 0.5) is 0 Å². The summed E-state index contributed by atoms with van der Waals surface area (Å²) >= 11 is 0. The van der Waals surface area contributed by atoms with Crippen molar-refractivity contribution in [3.63, 3.8) is 0 Å². The van der Waals surface area contributed by atoms with Gasteiger partial charge in [-0.2, -0.15) is 5.06 Å². The first-order chi connectivity index (χ1) is 9.56. The summed E-state index contributed by atoms with van der Waals surface area (Å²) in [4.78, 5) is 6.36. The van der Waals surface area contributed by atoms with Gasteiger partial charge in [0.25, 0.3) is 0 Å². The van der Waals surface area contributed by atoms with Gasteiger partial charge in [0.15, 0.2) is 0 Å². The van der Waals surface area contributed by atoms with Gasteiger partial charge in [-0.25, -0.2) is 0 Å². The smallest absolute Gasteiger partial charge is 0.0888 e. The Balaban J connectivity index is 2.24. The molecule has 0 spiro atoms. The number of rotatable bonds is 3. The van der Waals surface area contributed by atoms with Crippen LogP contribution in [-0.2, 0) is 4.84 Å². The first kappa shape index (κ1) is 17.0. The lowest BCUT2D eigenvalue weighted by Gasteiger charge is -2.46. The number of hydroxylamine groups is 2. The zero-order valence-electron chi connectivity index (χ0n) is 15.4. The second-order valence-electron chi connectivity index (χ2n) is 8.93. The molecule has 1 aliphatic heterocycles. The molecule has 0 amide bonds. The summed E-state index contributed by atoms with van der Waals surface area (Å²) in [6.45, 7) is 18.4. The molecule has 0 aromatic rings. The molecule has 2 nitrogen and oxygen atoms in total. The maximum Gasteiger partial charge on any atom is 0.0888 e. The molecule has 2 rings (SSSR count). The first-order valence-electron chi connectivity index (χ1n) is 8.66. The van der Waals surface area contributed by atoms with Crippen molar-refractivity contribution in [1.29, 1.82) is 0 Å². The third kappa shape index (κ3) is 3.37. The van der Waals surface area contributed by atoms with Crippen LogP contribution in [0.2, 0.25) is 0 Å². The van der Waals surface area contributed by atoms with Gasteiger partial charge < -0.3 is 0 Å². The van der Waals surface area contributed by atoms with Gasteiger partial charge in [-0.3, -0.25) is 4.84 Å². The van der Waals surface area contributed by atoms with Gasteiger partial charge in [0.1, 0.15) is 0 Å². The minimum absolute atomic E-state index is 0.0319. The van der Waals surface area contributed by atoms with Gasteiger partial charge in [0.05, 0.1) is 5.60 Å². The fourth-order valence-corrected chi connectivity index (χ4v) is 4.58. The molecule has 21 heavy (non-hydrogen) atoms. The summed E-state index contributed by atoms with van der Waals surface area (Å²) in [5.41, 5.74) is 1.83. The van der Waals surface area contributed by atoms with Crippen molar-refractivity contribution in [3.8, 4) is 0 Å². The Morgan fingerprint density at radius 1 is 1.24 bits per heavy atom. The molecule has 0 aromatic heterocycles. The van der Waals surface area contributed by atoms with E-state index in [0.29, 0.717) is 29.3 Å². The summed E-state index contributed by atoms with van der Waals surface area (Å²) in [7, 11) is 0. The van der Waals surface area contributed by atoms with Crippen LogP contribution in [0.5, 0.6) is 0 Å². The Labute approximate surface area is 131 Å². The highest BCUT2D eigenvalue weighted by molar-refractivity contribution is 5.06.